The van der Waals surface area contributed by atoms with Crippen LogP contribution < -0.4 is 0 Å². The molecule has 138 valence electrons. The van der Waals surface area contributed by atoms with Gasteiger partial charge in [0, 0.05) is 51.2 Å². The van der Waals surface area contributed by atoms with Gasteiger partial charge in [-0.3, -0.25) is 14.6 Å². The fourth-order valence-corrected chi connectivity index (χ4v) is 4.99. The highest BCUT2D eigenvalue weighted by Gasteiger charge is 2.42. The molecule has 0 aromatic carbocycles. The zero-order valence-electron chi connectivity index (χ0n) is 15.4. The maximum absolute atomic E-state index is 12.6. The molecular formula is C18H29N5OS. The van der Waals surface area contributed by atoms with Crippen LogP contribution in [-0.4, -0.2) is 75.5 Å². The number of carbonyl (C=O) groups is 1. The van der Waals surface area contributed by atoms with Crippen LogP contribution in [0, 0.1) is 12.8 Å². The molecule has 0 N–H and O–H groups in total. The molecule has 3 fully saturated rings. The zero-order chi connectivity index (χ0) is 17.4. The van der Waals surface area contributed by atoms with Gasteiger partial charge in [0.25, 0.3) is 0 Å². The van der Waals surface area contributed by atoms with Crippen molar-refractivity contribution in [3.63, 3.8) is 0 Å². The number of hydrogen-bond donors (Lipinski definition) is 0. The molecule has 1 aromatic heterocycles. The van der Waals surface area contributed by atoms with Gasteiger partial charge in [0.1, 0.15) is 0 Å². The molecule has 0 radical (unpaired) electrons. The molecule has 1 unspecified atom stereocenters. The average molecular weight is 364 g/mol. The Labute approximate surface area is 154 Å². The van der Waals surface area contributed by atoms with Crippen molar-refractivity contribution in [2.45, 2.75) is 51.1 Å². The maximum atomic E-state index is 12.6. The molecule has 0 bridgehead atoms. The predicted octanol–water partition coefficient (Wildman–Crippen LogP) is 1.76. The summed E-state index contributed by atoms with van der Waals surface area (Å²) in [7, 11) is 2.25. The van der Waals surface area contributed by atoms with Gasteiger partial charge >= 0.3 is 0 Å². The molecule has 1 atom stereocenters. The Morgan fingerprint density at radius 3 is 2.80 bits per heavy atom. The fraction of sp³-hybridized carbons (Fsp3) is 0.833. The average Bonchev–Trinajstić information content (AvgIpc) is 3.35. The summed E-state index contributed by atoms with van der Waals surface area (Å²) in [4.78, 5) is 21.1. The minimum Gasteiger partial charge on any atom is -0.342 e. The Morgan fingerprint density at radius 1 is 1.24 bits per heavy atom. The van der Waals surface area contributed by atoms with Crippen LogP contribution >= 0.6 is 11.5 Å². The Kier molecular flexibility index (Phi) is 4.81. The standard InChI is InChI=1S/C18H29N5OS/c1-14-16(25-20-19-14)12-22-10-9-21(2)18(13-22)6-5-17(24)23(8-7-18)11-15-3-4-15/h15H,3-13H2,1-2H3. The third-order valence-electron chi connectivity index (χ3n) is 6.37. The van der Waals surface area contributed by atoms with Crippen LogP contribution in [0.25, 0.3) is 0 Å². The molecule has 4 rings (SSSR count). The van der Waals surface area contributed by atoms with Crippen LogP contribution in [0.3, 0.4) is 0 Å². The molecule has 1 aromatic rings. The number of hydrogen-bond acceptors (Lipinski definition) is 6. The highest BCUT2D eigenvalue weighted by molar-refractivity contribution is 7.05. The van der Waals surface area contributed by atoms with E-state index < -0.39 is 0 Å². The number of carbonyl (C=O) groups excluding carboxylic acids is 1. The smallest absolute Gasteiger partial charge is 0.222 e. The molecule has 1 amide bonds. The van der Waals surface area contributed by atoms with Crippen LogP contribution in [-0.2, 0) is 11.3 Å². The van der Waals surface area contributed by atoms with Crippen molar-refractivity contribution in [3.05, 3.63) is 10.6 Å². The lowest BCUT2D eigenvalue weighted by molar-refractivity contribution is -0.131. The number of rotatable bonds is 4. The Bertz CT molecular complexity index is 631. The topological polar surface area (TPSA) is 52.6 Å². The Balaban J connectivity index is 1.44. The number of likely N-dealkylation sites (N-methyl/N-ethyl adjacent to an activating group) is 1. The second kappa shape index (κ2) is 6.93. The first kappa shape index (κ1) is 17.4. The summed E-state index contributed by atoms with van der Waals surface area (Å²) in [5, 5.41) is 4.15. The molecule has 3 heterocycles. The van der Waals surface area contributed by atoms with Crippen molar-refractivity contribution in [2.75, 3.05) is 39.8 Å². The SMILES string of the molecule is Cc1nnsc1CN1CCN(C)C2(CCC(=O)N(CC3CC3)CC2)C1. The molecule has 1 spiro atoms. The van der Waals surface area contributed by atoms with E-state index in [1.807, 2.05) is 6.92 Å². The summed E-state index contributed by atoms with van der Waals surface area (Å²) in [5.74, 6) is 1.15. The molecule has 2 saturated heterocycles. The minimum atomic E-state index is 0.137. The van der Waals surface area contributed by atoms with E-state index in [0.29, 0.717) is 12.3 Å². The Hall–Kier alpha value is -1.05. The molecule has 25 heavy (non-hydrogen) atoms. The monoisotopic (exact) mass is 363 g/mol. The van der Waals surface area contributed by atoms with E-state index in [2.05, 4.69) is 31.3 Å². The van der Waals surface area contributed by atoms with Gasteiger partial charge in [0.15, 0.2) is 0 Å². The largest absolute Gasteiger partial charge is 0.342 e. The summed E-state index contributed by atoms with van der Waals surface area (Å²) < 4.78 is 4.08. The summed E-state index contributed by atoms with van der Waals surface area (Å²) in [6.45, 7) is 8.11. The molecule has 6 nitrogen and oxygen atoms in total. The first-order valence-electron chi connectivity index (χ1n) is 9.55. The third kappa shape index (κ3) is 3.73. The van der Waals surface area contributed by atoms with E-state index in [1.165, 1.54) is 29.3 Å². The number of aryl methyl sites for hydroxylation is 1. The highest BCUT2D eigenvalue weighted by Crippen LogP contribution is 2.35. The third-order valence-corrected chi connectivity index (χ3v) is 7.18. The first-order chi connectivity index (χ1) is 12.1. The summed E-state index contributed by atoms with van der Waals surface area (Å²) in [6.07, 6.45) is 5.40. The molecule has 1 aliphatic carbocycles. The van der Waals surface area contributed by atoms with Gasteiger partial charge in [0.05, 0.1) is 10.6 Å². The van der Waals surface area contributed by atoms with Crippen molar-refractivity contribution >= 4 is 17.4 Å². The van der Waals surface area contributed by atoms with Crippen molar-refractivity contribution in [1.82, 2.24) is 24.3 Å². The molecule has 3 aliphatic rings. The van der Waals surface area contributed by atoms with Crippen LogP contribution in [0.1, 0.15) is 42.7 Å². The van der Waals surface area contributed by atoms with Crippen LogP contribution in [0.15, 0.2) is 0 Å². The normalized spacial score (nSPS) is 29.4. The lowest BCUT2D eigenvalue weighted by atomic mass is 9.86. The van der Waals surface area contributed by atoms with Gasteiger partial charge in [-0.15, -0.1) is 5.10 Å². The van der Waals surface area contributed by atoms with Crippen LogP contribution in [0.4, 0.5) is 0 Å². The van der Waals surface area contributed by atoms with E-state index in [-0.39, 0.29) is 5.54 Å². The van der Waals surface area contributed by atoms with Gasteiger partial charge in [0.2, 0.25) is 5.91 Å². The first-order valence-corrected chi connectivity index (χ1v) is 10.3. The van der Waals surface area contributed by atoms with Gasteiger partial charge in [-0.25, -0.2) is 0 Å². The van der Waals surface area contributed by atoms with Gasteiger partial charge in [-0.1, -0.05) is 4.49 Å². The lowest BCUT2D eigenvalue weighted by Crippen LogP contribution is -2.60. The van der Waals surface area contributed by atoms with Crippen LogP contribution in [0.2, 0.25) is 0 Å². The highest BCUT2D eigenvalue weighted by atomic mass is 32.1. The molecule has 1 saturated carbocycles. The van der Waals surface area contributed by atoms with Crippen molar-refractivity contribution in [3.8, 4) is 0 Å². The van der Waals surface area contributed by atoms with Crippen molar-refractivity contribution in [1.29, 1.82) is 0 Å². The summed E-state index contributed by atoms with van der Waals surface area (Å²) in [5.41, 5.74) is 1.20. The number of likely N-dealkylation sites (tertiary alicyclic amines) is 1. The second-order valence-electron chi connectivity index (χ2n) is 8.17. The van der Waals surface area contributed by atoms with Gasteiger partial charge in [-0.2, -0.15) is 0 Å². The second-order valence-corrected chi connectivity index (χ2v) is 9.01. The number of aromatic nitrogens is 2. The number of piperazine rings is 1. The van der Waals surface area contributed by atoms with E-state index in [0.717, 1.165) is 63.7 Å². The van der Waals surface area contributed by atoms with E-state index >= 15 is 0 Å². The molecule has 7 heteroatoms. The van der Waals surface area contributed by atoms with Crippen molar-refractivity contribution < 1.29 is 4.79 Å². The van der Waals surface area contributed by atoms with Crippen molar-refractivity contribution in [2.24, 2.45) is 5.92 Å². The van der Waals surface area contributed by atoms with E-state index in [9.17, 15) is 4.79 Å². The van der Waals surface area contributed by atoms with E-state index in [1.54, 1.807) is 0 Å². The maximum Gasteiger partial charge on any atom is 0.222 e. The van der Waals surface area contributed by atoms with Gasteiger partial charge in [-0.05, 0) is 57.1 Å². The number of nitrogens with zero attached hydrogens (tertiary/aromatic N) is 5. The van der Waals surface area contributed by atoms with E-state index in [4.69, 9.17) is 0 Å². The molecule has 2 aliphatic heterocycles. The summed E-state index contributed by atoms with van der Waals surface area (Å²) >= 11 is 1.52. The number of amides is 1. The predicted molar refractivity (Wildman–Crippen MR) is 98.4 cm³/mol. The zero-order valence-corrected chi connectivity index (χ0v) is 16.2. The molecular weight excluding hydrogens is 334 g/mol. The quantitative estimate of drug-likeness (QED) is 0.816. The van der Waals surface area contributed by atoms with Crippen LogP contribution in [0.5, 0.6) is 0 Å². The van der Waals surface area contributed by atoms with Gasteiger partial charge < -0.3 is 4.90 Å². The minimum absolute atomic E-state index is 0.137. The fourth-order valence-electron chi connectivity index (χ4n) is 4.31. The Morgan fingerprint density at radius 2 is 2.08 bits per heavy atom. The lowest BCUT2D eigenvalue weighted by Gasteiger charge is -2.49. The summed E-state index contributed by atoms with van der Waals surface area (Å²) in [6, 6.07) is 0.